The summed E-state index contributed by atoms with van der Waals surface area (Å²) in [7, 11) is 1.63. The maximum atomic E-state index is 5.40. The van der Waals surface area contributed by atoms with Gasteiger partial charge in [0, 0.05) is 31.5 Å². The first-order valence-corrected chi connectivity index (χ1v) is 8.81. The molecule has 1 saturated heterocycles. The molecule has 8 heteroatoms. The number of rotatable bonds is 5. The van der Waals surface area contributed by atoms with Crippen LogP contribution in [-0.2, 0) is 4.74 Å². The zero-order valence-corrected chi connectivity index (χ0v) is 14.3. The number of pyridine rings is 1. The minimum Gasteiger partial charge on any atom is -0.495 e. The van der Waals surface area contributed by atoms with Crippen molar-refractivity contribution in [1.29, 1.82) is 0 Å². The Labute approximate surface area is 143 Å². The molecule has 1 N–H and O–H groups in total. The lowest BCUT2D eigenvalue weighted by molar-refractivity contribution is 0.0699. The monoisotopic (exact) mass is 345 g/mol. The second-order valence-corrected chi connectivity index (χ2v) is 6.75. The van der Waals surface area contributed by atoms with Gasteiger partial charge in [0.25, 0.3) is 0 Å². The molecule has 1 aliphatic heterocycles. The smallest absolute Gasteiger partial charge is 0.214 e. The maximum Gasteiger partial charge on any atom is 0.214 e. The average molecular weight is 345 g/mol. The molecule has 0 spiro atoms. The largest absolute Gasteiger partial charge is 0.495 e. The maximum absolute atomic E-state index is 5.40. The highest BCUT2D eigenvalue weighted by Gasteiger charge is 2.16. The van der Waals surface area contributed by atoms with Crippen molar-refractivity contribution in [3.63, 3.8) is 0 Å². The van der Waals surface area contributed by atoms with Crippen LogP contribution in [0.25, 0.3) is 16.2 Å². The van der Waals surface area contributed by atoms with Gasteiger partial charge in [-0.25, -0.2) is 9.50 Å². The van der Waals surface area contributed by atoms with E-state index in [4.69, 9.17) is 9.47 Å². The SMILES string of the molecule is COc1cncc(-c2cnc3sc(NCC4CCOCC4)nn23)c1. The first-order chi connectivity index (χ1) is 11.8. The second-order valence-electron chi connectivity index (χ2n) is 5.80. The summed E-state index contributed by atoms with van der Waals surface area (Å²) in [5.41, 5.74) is 1.84. The first-order valence-electron chi connectivity index (χ1n) is 7.99. The zero-order valence-electron chi connectivity index (χ0n) is 13.4. The zero-order chi connectivity index (χ0) is 16.4. The molecule has 0 unspecified atom stereocenters. The predicted octanol–water partition coefficient (Wildman–Crippen LogP) is 2.70. The van der Waals surface area contributed by atoms with E-state index in [1.165, 1.54) is 0 Å². The van der Waals surface area contributed by atoms with Crippen LogP contribution in [0, 0.1) is 5.92 Å². The summed E-state index contributed by atoms with van der Waals surface area (Å²) in [5.74, 6) is 1.37. The highest BCUT2D eigenvalue weighted by atomic mass is 32.1. The number of nitrogens with one attached hydrogen (secondary N) is 1. The van der Waals surface area contributed by atoms with Crippen molar-refractivity contribution in [2.45, 2.75) is 12.8 Å². The number of hydrogen-bond acceptors (Lipinski definition) is 7. The molecule has 0 amide bonds. The van der Waals surface area contributed by atoms with Crippen molar-refractivity contribution in [3.05, 3.63) is 24.7 Å². The molecule has 0 aliphatic carbocycles. The van der Waals surface area contributed by atoms with Gasteiger partial charge in [-0.3, -0.25) is 4.98 Å². The van der Waals surface area contributed by atoms with Gasteiger partial charge in [0.2, 0.25) is 10.1 Å². The third-order valence-corrected chi connectivity index (χ3v) is 5.09. The van der Waals surface area contributed by atoms with Gasteiger partial charge >= 0.3 is 0 Å². The number of ether oxygens (including phenoxy) is 2. The second kappa shape index (κ2) is 6.74. The van der Waals surface area contributed by atoms with Crippen molar-refractivity contribution in [1.82, 2.24) is 19.6 Å². The van der Waals surface area contributed by atoms with Crippen molar-refractivity contribution >= 4 is 21.4 Å². The molecule has 0 saturated carbocycles. The Bertz CT molecular complexity index is 825. The molecule has 24 heavy (non-hydrogen) atoms. The van der Waals surface area contributed by atoms with E-state index in [9.17, 15) is 0 Å². The van der Waals surface area contributed by atoms with Crippen LogP contribution in [0.3, 0.4) is 0 Å². The fourth-order valence-electron chi connectivity index (χ4n) is 2.81. The van der Waals surface area contributed by atoms with Gasteiger partial charge in [-0.05, 0) is 24.8 Å². The van der Waals surface area contributed by atoms with Crippen LogP contribution in [0.2, 0.25) is 0 Å². The highest BCUT2D eigenvalue weighted by Crippen LogP contribution is 2.27. The van der Waals surface area contributed by atoms with E-state index < -0.39 is 0 Å². The number of methoxy groups -OCH3 is 1. The van der Waals surface area contributed by atoms with Gasteiger partial charge in [-0.15, -0.1) is 5.10 Å². The van der Waals surface area contributed by atoms with Crippen LogP contribution in [0.1, 0.15) is 12.8 Å². The fourth-order valence-corrected chi connectivity index (χ4v) is 3.60. The summed E-state index contributed by atoms with van der Waals surface area (Å²) in [6.45, 7) is 2.65. The van der Waals surface area contributed by atoms with Crippen LogP contribution in [0.5, 0.6) is 5.75 Å². The lowest BCUT2D eigenvalue weighted by Crippen LogP contribution is -2.22. The van der Waals surface area contributed by atoms with Gasteiger partial charge in [-0.1, -0.05) is 11.3 Å². The molecular weight excluding hydrogens is 326 g/mol. The average Bonchev–Trinajstić information content (AvgIpc) is 3.21. The molecule has 1 fully saturated rings. The summed E-state index contributed by atoms with van der Waals surface area (Å²) in [5, 5.41) is 8.98. The molecule has 0 aromatic carbocycles. The number of nitrogens with zero attached hydrogens (tertiary/aromatic N) is 4. The Balaban J connectivity index is 1.54. The van der Waals surface area contributed by atoms with Gasteiger partial charge in [0.15, 0.2) is 0 Å². The van der Waals surface area contributed by atoms with Crippen LogP contribution in [-0.4, -0.2) is 46.5 Å². The molecule has 126 valence electrons. The van der Waals surface area contributed by atoms with Gasteiger partial charge in [0.05, 0.1) is 25.2 Å². The van der Waals surface area contributed by atoms with Crippen molar-refractivity contribution < 1.29 is 9.47 Å². The minimum absolute atomic E-state index is 0.650. The predicted molar refractivity (Wildman–Crippen MR) is 92.7 cm³/mol. The number of anilines is 1. The first kappa shape index (κ1) is 15.3. The summed E-state index contributed by atoms with van der Waals surface area (Å²) >= 11 is 1.56. The quantitative estimate of drug-likeness (QED) is 0.766. The van der Waals surface area contributed by atoms with Crippen LogP contribution in [0.4, 0.5) is 5.13 Å². The van der Waals surface area contributed by atoms with E-state index in [1.54, 1.807) is 30.8 Å². The molecule has 3 aromatic heterocycles. The van der Waals surface area contributed by atoms with E-state index in [0.717, 1.165) is 59.7 Å². The fraction of sp³-hybridized carbons (Fsp3) is 0.438. The number of fused-ring (bicyclic) bond motifs is 1. The molecule has 7 nitrogen and oxygen atoms in total. The van der Waals surface area contributed by atoms with E-state index >= 15 is 0 Å². The highest BCUT2D eigenvalue weighted by molar-refractivity contribution is 7.20. The summed E-state index contributed by atoms with van der Waals surface area (Å²) in [4.78, 5) is 9.52. The lowest BCUT2D eigenvalue weighted by Gasteiger charge is -2.21. The summed E-state index contributed by atoms with van der Waals surface area (Å²) in [6.07, 6.45) is 7.51. The van der Waals surface area contributed by atoms with E-state index in [0.29, 0.717) is 5.92 Å². The molecule has 0 atom stereocenters. The van der Waals surface area contributed by atoms with E-state index in [2.05, 4.69) is 20.4 Å². The van der Waals surface area contributed by atoms with E-state index in [-0.39, 0.29) is 0 Å². The Morgan fingerprint density at radius 2 is 2.21 bits per heavy atom. The summed E-state index contributed by atoms with van der Waals surface area (Å²) in [6, 6.07) is 1.94. The third kappa shape index (κ3) is 3.07. The summed E-state index contributed by atoms with van der Waals surface area (Å²) < 4.78 is 12.5. The van der Waals surface area contributed by atoms with Crippen LogP contribution in [0.15, 0.2) is 24.7 Å². The number of aromatic nitrogens is 4. The van der Waals surface area contributed by atoms with Gasteiger partial charge in [0.1, 0.15) is 5.75 Å². The Morgan fingerprint density at radius 3 is 3.04 bits per heavy atom. The Hall–Kier alpha value is -2.19. The van der Waals surface area contributed by atoms with Gasteiger partial charge < -0.3 is 14.8 Å². The molecule has 3 aromatic rings. The third-order valence-electron chi connectivity index (χ3n) is 4.21. The Morgan fingerprint density at radius 1 is 1.33 bits per heavy atom. The van der Waals surface area contributed by atoms with Crippen molar-refractivity contribution in [3.8, 4) is 17.0 Å². The van der Waals surface area contributed by atoms with Crippen LogP contribution < -0.4 is 10.1 Å². The molecular formula is C16H19N5O2S. The van der Waals surface area contributed by atoms with Crippen molar-refractivity contribution in [2.75, 3.05) is 32.2 Å². The molecule has 4 heterocycles. The topological polar surface area (TPSA) is 73.6 Å². The molecule has 1 aliphatic rings. The normalized spacial score (nSPS) is 15.7. The number of hydrogen-bond donors (Lipinski definition) is 1. The lowest BCUT2D eigenvalue weighted by atomic mass is 10.0. The number of imidazole rings is 1. The standard InChI is InChI=1S/C16H19N5O2S/c1-22-13-6-12(8-17-9-13)14-10-19-16-21(14)20-15(24-16)18-7-11-2-4-23-5-3-11/h6,8-11H,2-5,7H2,1H3,(H,18,20). The molecule has 4 rings (SSSR count). The molecule has 0 radical (unpaired) electrons. The van der Waals surface area contributed by atoms with Crippen LogP contribution >= 0.6 is 11.3 Å². The minimum atomic E-state index is 0.650. The Kier molecular flexibility index (Phi) is 4.31. The van der Waals surface area contributed by atoms with Crippen molar-refractivity contribution in [2.24, 2.45) is 5.92 Å². The van der Waals surface area contributed by atoms with E-state index in [1.807, 2.05) is 16.8 Å². The van der Waals surface area contributed by atoms with Gasteiger partial charge in [-0.2, -0.15) is 0 Å². The molecule has 0 bridgehead atoms.